The van der Waals surface area contributed by atoms with Crippen LogP contribution in [0.4, 0.5) is 5.00 Å². The highest BCUT2D eigenvalue weighted by atomic mass is 32.2. The Labute approximate surface area is 143 Å². The number of carbonyl (C=O) groups is 2. The maximum atomic E-state index is 12.1. The molecule has 23 heavy (non-hydrogen) atoms. The van der Waals surface area contributed by atoms with Crippen LogP contribution in [0.3, 0.4) is 0 Å². The molecule has 1 amide bonds. The Balaban J connectivity index is 2.03. The molecule has 0 aromatic carbocycles. The SMILES string of the molecule is CCOC(=O)c1cc(CC)sc1NC(=O)CSc1nccn1C. The van der Waals surface area contributed by atoms with E-state index in [9.17, 15) is 9.59 Å². The Morgan fingerprint density at radius 2 is 2.22 bits per heavy atom. The zero-order valence-electron chi connectivity index (χ0n) is 13.3. The second-order valence-electron chi connectivity index (χ2n) is 4.69. The molecule has 2 rings (SSSR count). The average Bonchev–Trinajstić information content (AvgIpc) is 3.11. The van der Waals surface area contributed by atoms with E-state index < -0.39 is 5.97 Å². The highest BCUT2D eigenvalue weighted by molar-refractivity contribution is 7.99. The van der Waals surface area contributed by atoms with Crippen LogP contribution in [-0.2, 0) is 23.0 Å². The topological polar surface area (TPSA) is 73.2 Å². The quantitative estimate of drug-likeness (QED) is 0.612. The molecule has 124 valence electrons. The van der Waals surface area contributed by atoms with E-state index >= 15 is 0 Å². The summed E-state index contributed by atoms with van der Waals surface area (Å²) in [5.74, 6) is -0.351. The summed E-state index contributed by atoms with van der Waals surface area (Å²) in [6.07, 6.45) is 4.31. The highest BCUT2D eigenvalue weighted by Gasteiger charge is 2.18. The number of ether oxygens (including phenoxy) is 1. The van der Waals surface area contributed by atoms with E-state index in [1.54, 1.807) is 19.2 Å². The minimum absolute atomic E-state index is 0.173. The average molecular weight is 353 g/mol. The molecule has 6 nitrogen and oxygen atoms in total. The van der Waals surface area contributed by atoms with Gasteiger partial charge in [0.05, 0.1) is 17.9 Å². The number of anilines is 1. The van der Waals surface area contributed by atoms with Crippen molar-refractivity contribution in [1.29, 1.82) is 0 Å². The maximum absolute atomic E-state index is 12.1. The number of thioether (sulfide) groups is 1. The third kappa shape index (κ3) is 4.59. The minimum atomic E-state index is -0.407. The van der Waals surface area contributed by atoms with Crippen molar-refractivity contribution in [2.75, 3.05) is 17.7 Å². The number of aromatic nitrogens is 2. The van der Waals surface area contributed by atoms with Gasteiger partial charge in [-0.25, -0.2) is 9.78 Å². The van der Waals surface area contributed by atoms with Gasteiger partial charge >= 0.3 is 5.97 Å². The molecule has 8 heteroatoms. The third-order valence-electron chi connectivity index (χ3n) is 2.99. The van der Waals surface area contributed by atoms with Gasteiger partial charge in [0.25, 0.3) is 0 Å². The van der Waals surface area contributed by atoms with Gasteiger partial charge in [0.2, 0.25) is 5.91 Å². The van der Waals surface area contributed by atoms with E-state index in [1.807, 2.05) is 24.7 Å². The van der Waals surface area contributed by atoms with Gasteiger partial charge in [-0.05, 0) is 19.4 Å². The van der Waals surface area contributed by atoms with Gasteiger partial charge in [-0.3, -0.25) is 4.79 Å². The number of thiophene rings is 1. The van der Waals surface area contributed by atoms with Gasteiger partial charge in [-0.2, -0.15) is 0 Å². The number of hydrogen-bond donors (Lipinski definition) is 1. The molecule has 0 fully saturated rings. The molecule has 0 aliphatic heterocycles. The van der Waals surface area contributed by atoms with Gasteiger partial charge in [-0.15, -0.1) is 11.3 Å². The summed E-state index contributed by atoms with van der Waals surface area (Å²) in [6.45, 7) is 4.06. The second kappa shape index (κ2) is 8.16. The lowest BCUT2D eigenvalue weighted by Crippen LogP contribution is -2.16. The van der Waals surface area contributed by atoms with Gasteiger partial charge in [0.15, 0.2) is 5.16 Å². The first-order valence-electron chi connectivity index (χ1n) is 7.24. The Morgan fingerprint density at radius 3 is 2.83 bits per heavy atom. The van der Waals surface area contributed by atoms with E-state index in [-0.39, 0.29) is 11.7 Å². The highest BCUT2D eigenvalue weighted by Crippen LogP contribution is 2.29. The van der Waals surface area contributed by atoms with Crippen molar-refractivity contribution >= 4 is 40.0 Å². The lowest BCUT2D eigenvalue weighted by Gasteiger charge is -2.06. The molecular formula is C15H19N3O3S2. The van der Waals surface area contributed by atoms with Crippen molar-refractivity contribution in [3.05, 3.63) is 28.9 Å². The number of aryl methyl sites for hydroxylation is 2. The van der Waals surface area contributed by atoms with Crippen LogP contribution in [-0.4, -0.2) is 33.8 Å². The van der Waals surface area contributed by atoms with Crippen LogP contribution >= 0.6 is 23.1 Å². The van der Waals surface area contributed by atoms with Crippen molar-refractivity contribution in [1.82, 2.24) is 9.55 Å². The summed E-state index contributed by atoms with van der Waals surface area (Å²) in [6, 6.07) is 1.78. The summed E-state index contributed by atoms with van der Waals surface area (Å²) < 4.78 is 6.89. The number of carbonyl (C=O) groups excluding carboxylic acids is 2. The number of rotatable bonds is 7. The van der Waals surface area contributed by atoms with Crippen molar-refractivity contribution < 1.29 is 14.3 Å². The first-order chi connectivity index (χ1) is 11.0. The van der Waals surface area contributed by atoms with Crippen LogP contribution in [0.5, 0.6) is 0 Å². The Morgan fingerprint density at radius 1 is 1.43 bits per heavy atom. The van der Waals surface area contributed by atoms with Crippen LogP contribution in [0.1, 0.15) is 29.1 Å². The lowest BCUT2D eigenvalue weighted by atomic mass is 10.2. The number of imidazole rings is 1. The van der Waals surface area contributed by atoms with Crippen LogP contribution < -0.4 is 5.32 Å². The molecular weight excluding hydrogens is 334 g/mol. The van der Waals surface area contributed by atoms with Gasteiger partial charge < -0.3 is 14.6 Å². The normalized spacial score (nSPS) is 10.6. The number of nitrogens with zero attached hydrogens (tertiary/aromatic N) is 2. The molecule has 0 unspecified atom stereocenters. The van der Waals surface area contributed by atoms with Crippen molar-refractivity contribution in [3.8, 4) is 0 Å². The van der Waals surface area contributed by atoms with Gasteiger partial charge in [0, 0.05) is 24.3 Å². The molecule has 0 aliphatic carbocycles. The standard InChI is InChI=1S/C15H19N3O3S2/c1-4-10-8-11(14(20)21-5-2)13(23-10)17-12(19)9-22-15-16-6-7-18(15)3/h6-8H,4-5,9H2,1-3H3,(H,17,19). The number of hydrogen-bond acceptors (Lipinski definition) is 6. The van der Waals surface area contributed by atoms with Crippen molar-refractivity contribution in [2.24, 2.45) is 7.05 Å². The monoisotopic (exact) mass is 353 g/mol. The summed E-state index contributed by atoms with van der Waals surface area (Å²) in [5.41, 5.74) is 0.420. The zero-order valence-corrected chi connectivity index (χ0v) is 14.9. The van der Waals surface area contributed by atoms with Crippen LogP contribution in [0, 0.1) is 0 Å². The Bertz CT molecular complexity index is 694. The van der Waals surface area contributed by atoms with Crippen LogP contribution in [0.2, 0.25) is 0 Å². The molecule has 0 saturated heterocycles. The molecule has 2 heterocycles. The van der Waals surface area contributed by atoms with Crippen molar-refractivity contribution in [3.63, 3.8) is 0 Å². The predicted octanol–water partition coefficient (Wildman–Crippen LogP) is 2.95. The van der Waals surface area contributed by atoms with E-state index in [1.165, 1.54) is 23.1 Å². The first kappa shape index (κ1) is 17.6. The summed E-state index contributed by atoms with van der Waals surface area (Å²) in [5, 5.41) is 4.12. The minimum Gasteiger partial charge on any atom is -0.462 e. The van der Waals surface area contributed by atoms with E-state index in [4.69, 9.17) is 4.74 Å². The molecule has 0 spiro atoms. The Hall–Kier alpha value is -1.80. The lowest BCUT2D eigenvalue weighted by molar-refractivity contribution is -0.113. The fourth-order valence-electron chi connectivity index (χ4n) is 1.85. The molecule has 0 atom stereocenters. The Kier molecular flexibility index (Phi) is 6.23. The van der Waals surface area contributed by atoms with Gasteiger partial charge in [-0.1, -0.05) is 18.7 Å². The zero-order chi connectivity index (χ0) is 16.8. The first-order valence-corrected chi connectivity index (χ1v) is 9.05. The smallest absolute Gasteiger partial charge is 0.341 e. The number of esters is 1. The molecule has 0 radical (unpaired) electrons. The molecule has 2 aromatic heterocycles. The van der Waals surface area contributed by atoms with Crippen LogP contribution in [0.15, 0.2) is 23.6 Å². The number of nitrogens with one attached hydrogen (secondary N) is 1. The molecule has 1 N–H and O–H groups in total. The summed E-state index contributed by atoms with van der Waals surface area (Å²) >= 11 is 2.75. The van der Waals surface area contributed by atoms with E-state index in [0.29, 0.717) is 17.2 Å². The third-order valence-corrected chi connectivity index (χ3v) is 5.24. The van der Waals surface area contributed by atoms with Crippen LogP contribution in [0.25, 0.3) is 0 Å². The molecule has 0 saturated carbocycles. The van der Waals surface area contributed by atoms with E-state index in [2.05, 4.69) is 10.3 Å². The molecule has 2 aromatic rings. The summed E-state index contributed by atoms with van der Waals surface area (Å²) in [7, 11) is 1.87. The van der Waals surface area contributed by atoms with E-state index in [0.717, 1.165) is 16.5 Å². The number of amides is 1. The predicted molar refractivity (Wildman–Crippen MR) is 92.2 cm³/mol. The fourth-order valence-corrected chi connectivity index (χ4v) is 3.59. The summed E-state index contributed by atoms with van der Waals surface area (Å²) in [4.78, 5) is 29.3. The molecule has 0 bridgehead atoms. The fraction of sp³-hybridized carbons (Fsp3) is 0.400. The van der Waals surface area contributed by atoms with Crippen molar-refractivity contribution in [2.45, 2.75) is 25.4 Å². The largest absolute Gasteiger partial charge is 0.462 e. The second-order valence-corrected chi connectivity index (χ2v) is 6.77. The van der Waals surface area contributed by atoms with Gasteiger partial charge in [0.1, 0.15) is 5.00 Å². The maximum Gasteiger partial charge on any atom is 0.341 e. The molecule has 0 aliphatic rings.